The normalized spacial score (nSPS) is 11.0. The van der Waals surface area contributed by atoms with Crippen LogP contribution in [0.5, 0.6) is 0 Å². The van der Waals surface area contributed by atoms with Gasteiger partial charge < -0.3 is 9.09 Å². The van der Waals surface area contributed by atoms with Gasteiger partial charge >= 0.3 is 0 Å². The fourth-order valence-corrected chi connectivity index (χ4v) is 3.28. The highest BCUT2D eigenvalue weighted by molar-refractivity contribution is 7.98. The second kappa shape index (κ2) is 7.09. The molecule has 0 aliphatic carbocycles. The number of aromatic nitrogens is 6. The molecule has 0 amide bonds. The summed E-state index contributed by atoms with van der Waals surface area (Å²) in [5.41, 5.74) is 3.05. The maximum absolute atomic E-state index is 5.37. The van der Waals surface area contributed by atoms with Crippen LogP contribution in [0, 0.1) is 6.92 Å². The van der Waals surface area contributed by atoms with Gasteiger partial charge in [-0.15, -0.1) is 10.2 Å². The lowest BCUT2D eigenvalue weighted by Crippen LogP contribution is -1.95. The second-order valence-corrected chi connectivity index (χ2v) is 6.72. The molecule has 0 saturated carbocycles. The van der Waals surface area contributed by atoms with E-state index in [9.17, 15) is 0 Å². The van der Waals surface area contributed by atoms with Gasteiger partial charge in [0.15, 0.2) is 16.8 Å². The first kappa shape index (κ1) is 16.5. The molecule has 0 saturated heterocycles. The maximum atomic E-state index is 5.37. The first-order valence-corrected chi connectivity index (χ1v) is 9.01. The van der Waals surface area contributed by atoms with Gasteiger partial charge in [0.25, 0.3) is 5.89 Å². The molecular weight excluding hydrogens is 348 g/mol. The van der Waals surface area contributed by atoms with Crippen LogP contribution < -0.4 is 0 Å². The van der Waals surface area contributed by atoms with Crippen molar-refractivity contribution >= 4 is 11.8 Å². The number of aryl methyl sites for hydroxylation is 1. The zero-order chi connectivity index (χ0) is 17.9. The molecule has 0 unspecified atom stereocenters. The highest BCUT2D eigenvalue weighted by Gasteiger charge is 2.14. The molecule has 130 valence electrons. The molecule has 0 spiro atoms. The minimum atomic E-state index is 0.528. The average Bonchev–Trinajstić information content (AvgIpc) is 3.28. The number of pyridine rings is 1. The Labute approximate surface area is 154 Å². The molecule has 0 aliphatic rings. The van der Waals surface area contributed by atoms with Crippen molar-refractivity contribution in [2.75, 3.05) is 0 Å². The quantitative estimate of drug-likeness (QED) is 0.501. The van der Waals surface area contributed by atoms with Crippen molar-refractivity contribution in [3.63, 3.8) is 0 Å². The lowest BCUT2D eigenvalue weighted by Gasteiger charge is -2.02. The summed E-state index contributed by atoms with van der Waals surface area (Å²) in [6.45, 7) is 2.03. The van der Waals surface area contributed by atoms with Crippen molar-refractivity contribution in [3.05, 3.63) is 60.2 Å². The van der Waals surface area contributed by atoms with E-state index in [1.54, 1.807) is 12.4 Å². The predicted octanol–water partition coefficient (Wildman–Crippen LogP) is 3.53. The lowest BCUT2D eigenvalue weighted by atomic mass is 10.1. The summed E-state index contributed by atoms with van der Waals surface area (Å²) in [4.78, 5) is 8.49. The monoisotopic (exact) mass is 364 g/mol. The largest absolute Gasteiger partial charge is 0.334 e. The Morgan fingerprint density at radius 1 is 1.08 bits per heavy atom. The van der Waals surface area contributed by atoms with E-state index in [-0.39, 0.29) is 0 Å². The fraction of sp³-hybridized carbons (Fsp3) is 0.167. The molecule has 0 radical (unpaired) electrons. The van der Waals surface area contributed by atoms with Crippen LogP contribution in [0.3, 0.4) is 0 Å². The number of benzene rings is 1. The number of thioether (sulfide) groups is 1. The van der Waals surface area contributed by atoms with E-state index in [0.717, 1.165) is 27.7 Å². The van der Waals surface area contributed by atoms with E-state index in [0.29, 0.717) is 17.5 Å². The number of nitrogens with zero attached hydrogens (tertiary/aromatic N) is 6. The van der Waals surface area contributed by atoms with Gasteiger partial charge in [-0.25, -0.2) is 0 Å². The highest BCUT2D eigenvalue weighted by atomic mass is 32.2. The van der Waals surface area contributed by atoms with Gasteiger partial charge in [-0.05, 0) is 31.2 Å². The molecule has 1 aromatic carbocycles. The van der Waals surface area contributed by atoms with Crippen LogP contribution in [0.1, 0.15) is 11.4 Å². The summed E-state index contributed by atoms with van der Waals surface area (Å²) < 4.78 is 7.32. The summed E-state index contributed by atoms with van der Waals surface area (Å²) in [6, 6.07) is 11.8. The lowest BCUT2D eigenvalue weighted by molar-refractivity contribution is 0.425. The molecule has 3 heterocycles. The number of hydrogen-bond donors (Lipinski definition) is 0. The van der Waals surface area contributed by atoms with E-state index in [1.165, 1.54) is 11.8 Å². The molecule has 0 N–H and O–H groups in total. The van der Waals surface area contributed by atoms with Crippen molar-refractivity contribution in [1.29, 1.82) is 0 Å². The third-order valence-corrected chi connectivity index (χ3v) is 4.85. The third-order valence-electron chi connectivity index (χ3n) is 3.84. The van der Waals surface area contributed by atoms with Crippen LogP contribution in [0.15, 0.2) is 58.5 Å². The van der Waals surface area contributed by atoms with Gasteiger partial charge in [0, 0.05) is 30.6 Å². The molecule has 0 fully saturated rings. The summed E-state index contributed by atoms with van der Waals surface area (Å²) in [5, 5.41) is 13.4. The zero-order valence-electron chi connectivity index (χ0n) is 14.3. The Morgan fingerprint density at radius 3 is 2.73 bits per heavy atom. The Balaban J connectivity index is 1.48. The van der Waals surface area contributed by atoms with E-state index < -0.39 is 0 Å². The molecule has 8 heteroatoms. The van der Waals surface area contributed by atoms with Gasteiger partial charge in [0.1, 0.15) is 0 Å². The second-order valence-electron chi connectivity index (χ2n) is 5.77. The first-order valence-electron chi connectivity index (χ1n) is 8.03. The SMILES string of the molecule is Cc1cccc(-c2nc(CSc3nnc(-c4ccncc4)n3C)no2)c1. The van der Waals surface area contributed by atoms with Crippen LogP contribution in [-0.2, 0) is 12.8 Å². The number of rotatable bonds is 5. The van der Waals surface area contributed by atoms with E-state index >= 15 is 0 Å². The average molecular weight is 364 g/mol. The van der Waals surface area contributed by atoms with Crippen LogP contribution in [0.25, 0.3) is 22.8 Å². The van der Waals surface area contributed by atoms with Gasteiger partial charge in [-0.2, -0.15) is 4.98 Å². The Morgan fingerprint density at radius 2 is 1.92 bits per heavy atom. The van der Waals surface area contributed by atoms with Crippen LogP contribution in [0.4, 0.5) is 0 Å². The van der Waals surface area contributed by atoms with Crippen molar-refractivity contribution in [3.8, 4) is 22.8 Å². The Bertz CT molecular complexity index is 1030. The molecule has 0 aliphatic heterocycles. The van der Waals surface area contributed by atoms with Crippen molar-refractivity contribution < 1.29 is 4.52 Å². The summed E-state index contributed by atoms with van der Waals surface area (Å²) >= 11 is 1.52. The minimum Gasteiger partial charge on any atom is -0.334 e. The van der Waals surface area contributed by atoms with Crippen LogP contribution in [0.2, 0.25) is 0 Å². The molecular formula is C18H16N6OS. The molecule has 0 atom stereocenters. The van der Waals surface area contributed by atoms with Crippen LogP contribution >= 0.6 is 11.8 Å². The van der Waals surface area contributed by atoms with Crippen molar-refractivity contribution in [2.45, 2.75) is 17.8 Å². The van der Waals surface area contributed by atoms with E-state index in [4.69, 9.17) is 4.52 Å². The van der Waals surface area contributed by atoms with Gasteiger partial charge in [-0.1, -0.05) is 34.6 Å². The Hall–Kier alpha value is -3.00. The van der Waals surface area contributed by atoms with Gasteiger partial charge in [0.05, 0.1) is 5.75 Å². The van der Waals surface area contributed by atoms with E-state index in [2.05, 4.69) is 25.3 Å². The topological polar surface area (TPSA) is 82.5 Å². The standard InChI is InChI=1S/C18H16N6OS/c1-12-4-3-5-14(10-12)17-20-15(23-25-17)11-26-18-22-21-16(24(18)2)13-6-8-19-9-7-13/h3-10H,11H2,1-2H3. The predicted molar refractivity (Wildman–Crippen MR) is 98.3 cm³/mol. The summed E-state index contributed by atoms with van der Waals surface area (Å²) in [7, 11) is 1.94. The highest BCUT2D eigenvalue weighted by Crippen LogP contribution is 2.25. The molecule has 0 bridgehead atoms. The van der Waals surface area contributed by atoms with Crippen molar-refractivity contribution in [1.82, 2.24) is 29.9 Å². The molecule has 4 rings (SSSR count). The molecule has 4 aromatic rings. The molecule has 7 nitrogen and oxygen atoms in total. The van der Waals surface area contributed by atoms with E-state index in [1.807, 2.05) is 54.9 Å². The smallest absolute Gasteiger partial charge is 0.257 e. The molecule has 3 aromatic heterocycles. The third kappa shape index (κ3) is 3.36. The maximum Gasteiger partial charge on any atom is 0.257 e. The first-order chi connectivity index (χ1) is 12.7. The minimum absolute atomic E-state index is 0.528. The summed E-state index contributed by atoms with van der Waals surface area (Å²) in [6.07, 6.45) is 3.48. The van der Waals surface area contributed by atoms with Gasteiger partial charge in [-0.3, -0.25) is 4.98 Å². The van der Waals surface area contributed by atoms with Crippen molar-refractivity contribution in [2.24, 2.45) is 7.05 Å². The van der Waals surface area contributed by atoms with Crippen LogP contribution in [-0.4, -0.2) is 29.9 Å². The zero-order valence-corrected chi connectivity index (χ0v) is 15.1. The number of hydrogen-bond acceptors (Lipinski definition) is 7. The fourth-order valence-electron chi connectivity index (χ4n) is 2.53. The molecule has 26 heavy (non-hydrogen) atoms. The van der Waals surface area contributed by atoms with Gasteiger partial charge in [0.2, 0.25) is 0 Å². The summed E-state index contributed by atoms with van der Waals surface area (Å²) in [5.74, 6) is 2.50. The Kier molecular flexibility index (Phi) is 4.49.